The SMILES string of the molecule is CCNC(CC)c1ccc(-c2cccc([N+](=O)[O-])c2C)o1. The molecule has 1 N–H and O–H groups in total. The third kappa shape index (κ3) is 3.13. The van der Waals surface area contributed by atoms with Gasteiger partial charge in [-0.15, -0.1) is 0 Å². The van der Waals surface area contributed by atoms with Crippen molar-refractivity contribution in [3.05, 3.63) is 51.8 Å². The third-order valence-electron chi connectivity index (χ3n) is 3.60. The van der Waals surface area contributed by atoms with E-state index in [0.717, 1.165) is 24.3 Å². The lowest BCUT2D eigenvalue weighted by Crippen LogP contribution is -2.19. The van der Waals surface area contributed by atoms with E-state index in [1.807, 2.05) is 18.2 Å². The highest BCUT2D eigenvalue weighted by Crippen LogP contribution is 2.32. The summed E-state index contributed by atoms with van der Waals surface area (Å²) in [5.74, 6) is 1.53. The number of nitrogens with zero attached hydrogens (tertiary/aromatic N) is 1. The molecule has 2 rings (SSSR count). The van der Waals surface area contributed by atoms with Crippen molar-refractivity contribution in [1.82, 2.24) is 5.32 Å². The summed E-state index contributed by atoms with van der Waals surface area (Å²) in [5.41, 5.74) is 1.51. The molecule has 112 valence electrons. The Hall–Kier alpha value is -2.14. The number of nitro benzene ring substituents is 1. The Morgan fingerprint density at radius 2 is 2.05 bits per heavy atom. The maximum absolute atomic E-state index is 11.0. The summed E-state index contributed by atoms with van der Waals surface area (Å²) in [6.07, 6.45) is 0.925. The maximum atomic E-state index is 11.0. The highest BCUT2D eigenvalue weighted by molar-refractivity contribution is 5.67. The fourth-order valence-corrected chi connectivity index (χ4v) is 2.47. The van der Waals surface area contributed by atoms with Crippen molar-refractivity contribution in [2.24, 2.45) is 0 Å². The molecule has 0 spiro atoms. The topological polar surface area (TPSA) is 68.3 Å². The second-order valence-electron chi connectivity index (χ2n) is 4.93. The molecule has 0 radical (unpaired) electrons. The van der Waals surface area contributed by atoms with Crippen LogP contribution in [0.15, 0.2) is 34.7 Å². The van der Waals surface area contributed by atoms with Crippen LogP contribution in [0.3, 0.4) is 0 Å². The number of rotatable bonds is 6. The summed E-state index contributed by atoms with van der Waals surface area (Å²) in [4.78, 5) is 10.7. The molecule has 0 saturated heterocycles. The summed E-state index contributed by atoms with van der Waals surface area (Å²) in [5, 5.41) is 14.4. The molecule has 5 nitrogen and oxygen atoms in total. The molecule has 0 aliphatic carbocycles. The van der Waals surface area contributed by atoms with Gasteiger partial charge in [0, 0.05) is 17.2 Å². The van der Waals surface area contributed by atoms with Crippen molar-refractivity contribution < 1.29 is 9.34 Å². The van der Waals surface area contributed by atoms with E-state index in [1.165, 1.54) is 6.07 Å². The van der Waals surface area contributed by atoms with Crippen LogP contribution >= 0.6 is 0 Å². The molecular formula is C16H20N2O3. The zero-order valence-electron chi connectivity index (χ0n) is 12.6. The highest BCUT2D eigenvalue weighted by atomic mass is 16.6. The first-order valence-electron chi connectivity index (χ1n) is 7.16. The van der Waals surface area contributed by atoms with Crippen LogP contribution in [0.25, 0.3) is 11.3 Å². The van der Waals surface area contributed by atoms with E-state index in [2.05, 4.69) is 19.2 Å². The van der Waals surface area contributed by atoms with E-state index in [9.17, 15) is 10.1 Å². The predicted molar refractivity (Wildman–Crippen MR) is 82.2 cm³/mol. The van der Waals surface area contributed by atoms with E-state index in [4.69, 9.17) is 4.42 Å². The molecule has 21 heavy (non-hydrogen) atoms. The first-order valence-corrected chi connectivity index (χ1v) is 7.16. The monoisotopic (exact) mass is 288 g/mol. The van der Waals surface area contributed by atoms with Crippen molar-refractivity contribution in [2.45, 2.75) is 33.2 Å². The first kappa shape index (κ1) is 15.3. The average molecular weight is 288 g/mol. The molecule has 1 aromatic heterocycles. The highest BCUT2D eigenvalue weighted by Gasteiger charge is 2.18. The van der Waals surface area contributed by atoms with Crippen molar-refractivity contribution in [1.29, 1.82) is 0 Å². The molecule has 2 aromatic rings. The van der Waals surface area contributed by atoms with Gasteiger partial charge in [0.15, 0.2) is 0 Å². The van der Waals surface area contributed by atoms with Gasteiger partial charge in [0.25, 0.3) is 5.69 Å². The molecule has 0 saturated carbocycles. The van der Waals surface area contributed by atoms with Gasteiger partial charge in [-0.25, -0.2) is 0 Å². The second kappa shape index (κ2) is 6.54. The van der Waals surface area contributed by atoms with Gasteiger partial charge in [0.2, 0.25) is 0 Å². The van der Waals surface area contributed by atoms with Gasteiger partial charge in [0.1, 0.15) is 11.5 Å². The molecule has 1 heterocycles. The second-order valence-corrected chi connectivity index (χ2v) is 4.93. The lowest BCUT2D eigenvalue weighted by Gasteiger charge is -2.12. The number of benzene rings is 1. The minimum Gasteiger partial charge on any atom is -0.459 e. The number of hydrogen-bond acceptors (Lipinski definition) is 4. The van der Waals surface area contributed by atoms with E-state index in [0.29, 0.717) is 11.3 Å². The lowest BCUT2D eigenvalue weighted by molar-refractivity contribution is -0.385. The Morgan fingerprint density at radius 1 is 1.29 bits per heavy atom. The Bertz CT molecular complexity index is 634. The number of nitro groups is 1. The minimum absolute atomic E-state index is 0.115. The molecule has 0 fully saturated rings. The van der Waals surface area contributed by atoms with Crippen LogP contribution in [0.2, 0.25) is 0 Å². The van der Waals surface area contributed by atoms with E-state index in [1.54, 1.807) is 13.0 Å². The van der Waals surface area contributed by atoms with Gasteiger partial charge in [-0.2, -0.15) is 0 Å². The number of hydrogen-bond donors (Lipinski definition) is 1. The fourth-order valence-electron chi connectivity index (χ4n) is 2.47. The van der Waals surface area contributed by atoms with Crippen LogP contribution < -0.4 is 5.32 Å². The van der Waals surface area contributed by atoms with E-state index >= 15 is 0 Å². The van der Waals surface area contributed by atoms with Crippen LogP contribution in [0, 0.1) is 17.0 Å². The zero-order valence-corrected chi connectivity index (χ0v) is 12.6. The molecule has 1 atom stereocenters. The average Bonchev–Trinajstić information content (AvgIpc) is 2.94. The van der Waals surface area contributed by atoms with Crippen molar-refractivity contribution >= 4 is 5.69 Å². The third-order valence-corrected chi connectivity index (χ3v) is 3.60. The van der Waals surface area contributed by atoms with Gasteiger partial charge in [-0.1, -0.05) is 26.0 Å². The van der Waals surface area contributed by atoms with Crippen LogP contribution in [0.1, 0.15) is 37.6 Å². The summed E-state index contributed by atoms with van der Waals surface area (Å²) in [6.45, 7) is 6.76. The molecule has 5 heteroatoms. The van der Waals surface area contributed by atoms with Crippen molar-refractivity contribution in [2.75, 3.05) is 6.54 Å². The Labute approximate surface area is 124 Å². The molecule has 0 aliphatic heterocycles. The zero-order chi connectivity index (χ0) is 15.4. The summed E-state index contributed by atoms with van der Waals surface area (Å²) in [6, 6.07) is 9.02. The van der Waals surface area contributed by atoms with Gasteiger partial charge in [-0.3, -0.25) is 10.1 Å². The summed E-state index contributed by atoms with van der Waals surface area (Å²) in [7, 11) is 0. The van der Waals surface area contributed by atoms with Crippen LogP contribution in [-0.2, 0) is 0 Å². The van der Waals surface area contributed by atoms with Crippen LogP contribution in [0.4, 0.5) is 5.69 Å². The standard InChI is InChI=1S/C16H20N2O3/c1-4-13(17-5-2)16-10-9-15(21-16)12-7-6-8-14(11(12)3)18(19)20/h6-10,13,17H,4-5H2,1-3H3. The lowest BCUT2D eigenvalue weighted by atomic mass is 10.0. The minimum atomic E-state index is -0.365. The largest absolute Gasteiger partial charge is 0.459 e. The number of furan rings is 1. The molecule has 1 unspecified atom stereocenters. The molecule has 0 aliphatic rings. The normalized spacial score (nSPS) is 12.3. The van der Waals surface area contributed by atoms with Crippen LogP contribution in [-0.4, -0.2) is 11.5 Å². The fraction of sp³-hybridized carbons (Fsp3) is 0.375. The van der Waals surface area contributed by atoms with Gasteiger partial charge >= 0.3 is 0 Å². The van der Waals surface area contributed by atoms with Crippen molar-refractivity contribution in [3.8, 4) is 11.3 Å². The Balaban J connectivity index is 2.38. The predicted octanol–water partition coefficient (Wildman–Crippen LogP) is 4.22. The van der Waals surface area contributed by atoms with Gasteiger partial charge in [-0.05, 0) is 32.0 Å². The molecule has 0 bridgehead atoms. The van der Waals surface area contributed by atoms with Crippen LogP contribution in [0.5, 0.6) is 0 Å². The molecule has 1 aromatic carbocycles. The summed E-state index contributed by atoms with van der Waals surface area (Å²) < 4.78 is 5.91. The van der Waals surface area contributed by atoms with Crippen molar-refractivity contribution in [3.63, 3.8) is 0 Å². The Kier molecular flexibility index (Phi) is 4.75. The van der Waals surface area contributed by atoms with E-state index in [-0.39, 0.29) is 16.7 Å². The van der Waals surface area contributed by atoms with Gasteiger partial charge < -0.3 is 9.73 Å². The molecule has 0 amide bonds. The maximum Gasteiger partial charge on any atom is 0.273 e. The first-order chi connectivity index (χ1) is 10.1. The Morgan fingerprint density at radius 3 is 2.67 bits per heavy atom. The molecular weight excluding hydrogens is 268 g/mol. The quantitative estimate of drug-likeness (QED) is 0.638. The number of nitrogens with one attached hydrogen (secondary N) is 1. The summed E-state index contributed by atoms with van der Waals surface area (Å²) >= 11 is 0. The van der Waals surface area contributed by atoms with Gasteiger partial charge in [0.05, 0.1) is 11.0 Å². The van der Waals surface area contributed by atoms with E-state index < -0.39 is 0 Å². The smallest absolute Gasteiger partial charge is 0.273 e.